The maximum Gasteiger partial charge on any atom is 0.358 e. The summed E-state index contributed by atoms with van der Waals surface area (Å²) in [6.07, 6.45) is 0. The van der Waals surface area contributed by atoms with Gasteiger partial charge in [0.25, 0.3) is 5.91 Å². The van der Waals surface area contributed by atoms with Crippen molar-refractivity contribution < 1.29 is 18.7 Å². The van der Waals surface area contributed by atoms with Gasteiger partial charge in [-0.15, -0.1) is 11.3 Å². The lowest BCUT2D eigenvalue weighted by atomic mass is 10.2. The molecule has 0 atom stereocenters. The summed E-state index contributed by atoms with van der Waals surface area (Å²) < 4.78 is 18.2. The van der Waals surface area contributed by atoms with Gasteiger partial charge in [-0.3, -0.25) is 4.79 Å². The number of aromatic nitrogens is 1. The molecule has 5 nitrogen and oxygen atoms in total. The highest BCUT2D eigenvalue weighted by Gasteiger charge is 2.19. The van der Waals surface area contributed by atoms with E-state index >= 15 is 0 Å². The van der Waals surface area contributed by atoms with Gasteiger partial charge in [0.2, 0.25) is 0 Å². The van der Waals surface area contributed by atoms with Crippen LogP contribution in [0.25, 0.3) is 10.6 Å². The van der Waals surface area contributed by atoms with Gasteiger partial charge in [-0.2, -0.15) is 0 Å². The van der Waals surface area contributed by atoms with Crippen LogP contribution in [0.1, 0.15) is 23.0 Å². The zero-order valence-electron chi connectivity index (χ0n) is 15.5. The summed E-state index contributed by atoms with van der Waals surface area (Å²) in [5, 5.41) is 2.32. The van der Waals surface area contributed by atoms with Crippen molar-refractivity contribution in [3.8, 4) is 10.6 Å². The van der Waals surface area contributed by atoms with Crippen LogP contribution in [0, 0.1) is 12.7 Å². The van der Waals surface area contributed by atoms with E-state index in [9.17, 15) is 14.0 Å². The van der Waals surface area contributed by atoms with Crippen molar-refractivity contribution in [2.45, 2.75) is 13.8 Å². The molecule has 2 aromatic carbocycles. The Hall–Kier alpha value is -3.06. The number of carbonyl (C=O) groups is 2. The van der Waals surface area contributed by atoms with Gasteiger partial charge in [0.15, 0.2) is 12.3 Å². The first kappa shape index (κ1) is 19.7. The van der Waals surface area contributed by atoms with E-state index in [-0.39, 0.29) is 11.5 Å². The number of likely N-dealkylation sites (N-methyl/N-ethyl adjacent to an activating group) is 1. The number of thiazole rings is 1. The molecule has 28 heavy (non-hydrogen) atoms. The van der Waals surface area contributed by atoms with Gasteiger partial charge in [-0.25, -0.2) is 14.2 Å². The quantitative estimate of drug-likeness (QED) is 0.575. The lowest BCUT2D eigenvalue weighted by Gasteiger charge is -2.20. The van der Waals surface area contributed by atoms with Gasteiger partial charge in [0, 0.05) is 23.2 Å². The summed E-state index contributed by atoms with van der Waals surface area (Å²) in [7, 11) is 0. The van der Waals surface area contributed by atoms with E-state index in [1.165, 1.54) is 40.5 Å². The Labute approximate surface area is 166 Å². The van der Waals surface area contributed by atoms with Crippen molar-refractivity contribution in [2.24, 2.45) is 0 Å². The first-order valence-electron chi connectivity index (χ1n) is 8.73. The van der Waals surface area contributed by atoms with E-state index in [2.05, 4.69) is 4.98 Å². The molecule has 0 aliphatic heterocycles. The average Bonchev–Trinajstić information content (AvgIpc) is 3.19. The largest absolute Gasteiger partial charge is 0.451 e. The van der Waals surface area contributed by atoms with Crippen LogP contribution in [0.2, 0.25) is 0 Å². The predicted octanol–water partition coefficient (Wildman–Crippen LogP) is 4.47. The van der Waals surface area contributed by atoms with E-state index in [1.54, 1.807) is 12.3 Å². The minimum Gasteiger partial charge on any atom is -0.451 e. The van der Waals surface area contributed by atoms with Gasteiger partial charge < -0.3 is 9.64 Å². The second-order valence-electron chi connectivity index (χ2n) is 6.09. The number of benzene rings is 2. The van der Waals surface area contributed by atoms with Crippen molar-refractivity contribution >= 4 is 28.9 Å². The van der Waals surface area contributed by atoms with Crippen LogP contribution in [0.4, 0.5) is 10.1 Å². The first-order valence-corrected chi connectivity index (χ1v) is 9.61. The van der Waals surface area contributed by atoms with Crippen LogP contribution in [-0.2, 0) is 9.53 Å². The topological polar surface area (TPSA) is 59.5 Å². The fraction of sp³-hybridized carbons (Fsp3) is 0.190. The van der Waals surface area contributed by atoms with E-state index in [4.69, 9.17) is 4.74 Å². The smallest absolute Gasteiger partial charge is 0.358 e. The maximum absolute atomic E-state index is 13.1. The minimum atomic E-state index is -0.655. The van der Waals surface area contributed by atoms with E-state index < -0.39 is 18.5 Å². The van der Waals surface area contributed by atoms with Gasteiger partial charge in [0.1, 0.15) is 10.8 Å². The molecular weight excluding hydrogens is 379 g/mol. The number of hydrogen-bond acceptors (Lipinski definition) is 5. The van der Waals surface area contributed by atoms with Crippen molar-refractivity contribution in [3.05, 3.63) is 71.0 Å². The number of rotatable bonds is 6. The third kappa shape index (κ3) is 4.61. The molecule has 144 valence electrons. The molecule has 3 rings (SSSR count). The molecule has 0 aliphatic rings. The van der Waals surface area contributed by atoms with E-state index in [1.807, 2.05) is 31.2 Å². The van der Waals surface area contributed by atoms with Gasteiger partial charge in [-0.05, 0) is 38.1 Å². The second kappa shape index (κ2) is 8.75. The Morgan fingerprint density at radius 2 is 1.79 bits per heavy atom. The van der Waals surface area contributed by atoms with Crippen LogP contribution < -0.4 is 4.90 Å². The molecule has 0 spiro atoms. The number of nitrogens with zero attached hydrogens (tertiary/aromatic N) is 2. The molecule has 7 heteroatoms. The number of carbonyl (C=O) groups excluding carboxylic acids is 2. The molecule has 1 heterocycles. The Bertz CT molecular complexity index is 968. The summed E-state index contributed by atoms with van der Waals surface area (Å²) in [6.45, 7) is 3.74. The number of aryl methyl sites for hydroxylation is 1. The molecule has 0 fully saturated rings. The maximum atomic E-state index is 13.1. The van der Waals surface area contributed by atoms with Gasteiger partial charge in [-0.1, -0.05) is 29.8 Å². The van der Waals surface area contributed by atoms with Crippen LogP contribution in [-0.4, -0.2) is 30.0 Å². The lowest BCUT2D eigenvalue weighted by molar-refractivity contribution is -0.121. The molecule has 1 amide bonds. The first-order chi connectivity index (χ1) is 13.5. The Balaban J connectivity index is 1.62. The second-order valence-corrected chi connectivity index (χ2v) is 6.95. The Morgan fingerprint density at radius 1 is 1.11 bits per heavy atom. The molecule has 0 bridgehead atoms. The molecule has 0 aliphatic carbocycles. The fourth-order valence-corrected chi connectivity index (χ4v) is 3.39. The van der Waals surface area contributed by atoms with Crippen LogP contribution in [0.5, 0.6) is 0 Å². The molecule has 0 radical (unpaired) electrons. The normalized spacial score (nSPS) is 10.5. The zero-order valence-corrected chi connectivity index (χ0v) is 16.3. The number of ether oxygens (including phenoxy) is 1. The zero-order chi connectivity index (χ0) is 20.1. The van der Waals surface area contributed by atoms with Crippen molar-refractivity contribution in [1.82, 2.24) is 4.98 Å². The molecule has 1 aromatic heterocycles. The van der Waals surface area contributed by atoms with Crippen molar-refractivity contribution in [2.75, 3.05) is 18.1 Å². The van der Waals surface area contributed by atoms with E-state index in [0.29, 0.717) is 17.2 Å². The Morgan fingerprint density at radius 3 is 2.43 bits per heavy atom. The molecule has 3 aromatic rings. The van der Waals surface area contributed by atoms with Crippen molar-refractivity contribution in [3.63, 3.8) is 0 Å². The molecular formula is C21H19FN2O3S. The number of halogens is 1. The summed E-state index contributed by atoms with van der Waals surface area (Å²) in [5.41, 5.74) is 2.76. The predicted molar refractivity (Wildman–Crippen MR) is 107 cm³/mol. The highest BCUT2D eigenvalue weighted by atomic mass is 32.1. The summed E-state index contributed by atoms with van der Waals surface area (Å²) in [5.74, 6) is -1.43. The summed E-state index contributed by atoms with van der Waals surface area (Å²) in [4.78, 5) is 30.4. The lowest BCUT2D eigenvalue weighted by Crippen LogP contribution is -2.34. The standard InChI is InChI=1S/C21H19FN2O3S/c1-3-24(17-10-8-16(22)9-11-17)19(25)12-27-21(26)18-13-28-20(23-18)15-6-4-14(2)5-7-15/h4-11,13H,3,12H2,1-2H3. The third-order valence-corrected chi connectivity index (χ3v) is 4.99. The molecule has 0 unspecified atom stereocenters. The third-order valence-electron chi connectivity index (χ3n) is 4.09. The van der Waals surface area contributed by atoms with Gasteiger partial charge >= 0.3 is 5.97 Å². The minimum absolute atomic E-state index is 0.165. The SMILES string of the molecule is CCN(C(=O)COC(=O)c1csc(-c2ccc(C)cc2)n1)c1ccc(F)cc1. The molecule has 0 saturated carbocycles. The number of esters is 1. The fourth-order valence-electron chi connectivity index (χ4n) is 2.60. The molecule has 0 saturated heterocycles. The average molecular weight is 398 g/mol. The number of amides is 1. The van der Waals surface area contributed by atoms with E-state index in [0.717, 1.165) is 11.1 Å². The van der Waals surface area contributed by atoms with Gasteiger partial charge in [0.05, 0.1) is 0 Å². The summed E-state index contributed by atoms with van der Waals surface area (Å²) in [6, 6.07) is 13.4. The monoisotopic (exact) mass is 398 g/mol. The van der Waals surface area contributed by atoms with Crippen LogP contribution in [0.3, 0.4) is 0 Å². The number of anilines is 1. The highest BCUT2D eigenvalue weighted by molar-refractivity contribution is 7.13. The van der Waals surface area contributed by atoms with Crippen LogP contribution in [0.15, 0.2) is 53.9 Å². The highest BCUT2D eigenvalue weighted by Crippen LogP contribution is 2.24. The van der Waals surface area contributed by atoms with Crippen LogP contribution >= 0.6 is 11.3 Å². The summed E-state index contributed by atoms with van der Waals surface area (Å²) >= 11 is 1.34. The molecule has 0 N–H and O–H groups in total. The van der Waals surface area contributed by atoms with Crippen molar-refractivity contribution in [1.29, 1.82) is 0 Å². The number of hydrogen-bond donors (Lipinski definition) is 0. The Kier molecular flexibility index (Phi) is 6.16.